The van der Waals surface area contributed by atoms with Gasteiger partial charge in [-0.2, -0.15) is 17.0 Å². The number of nitrogens with zero attached hydrogens (tertiary/aromatic N) is 2. The predicted octanol–water partition coefficient (Wildman–Crippen LogP) is 1.67. The molecule has 0 spiro atoms. The molecule has 1 heterocycles. The summed E-state index contributed by atoms with van der Waals surface area (Å²) in [6.07, 6.45) is 3.91. The maximum absolute atomic E-state index is 12.5. The molecule has 20 heavy (non-hydrogen) atoms. The van der Waals surface area contributed by atoms with Gasteiger partial charge >= 0.3 is 0 Å². The van der Waals surface area contributed by atoms with E-state index in [4.69, 9.17) is 0 Å². The van der Waals surface area contributed by atoms with E-state index in [0.717, 1.165) is 38.8 Å². The molecular weight excluding hydrogens is 274 g/mol. The first kappa shape index (κ1) is 17.9. The first-order valence-corrected chi connectivity index (χ1v) is 9.26. The first-order valence-electron chi connectivity index (χ1n) is 7.87. The summed E-state index contributed by atoms with van der Waals surface area (Å²) < 4.78 is 28.1. The van der Waals surface area contributed by atoms with Gasteiger partial charge in [0.15, 0.2) is 0 Å². The number of piperidine rings is 1. The largest absolute Gasteiger partial charge is 0.316 e. The molecule has 1 aliphatic heterocycles. The lowest BCUT2D eigenvalue weighted by Crippen LogP contribution is -2.49. The van der Waals surface area contributed by atoms with E-state index in [2.05, 4.69) is 12.2 Å². The fraction of sp³-hybridized carbons (Fsp3) is 1.00. The third-order valence-corrected chi connectivity index (χ3v) is 6.44. The van der Waals surface area contributed by atoms with Crippen LogP contribution in [0, 0.1) is 5.92 Å². The molecule has 0 saturated carbocycles. The number of hydrogen-bond acceptors (Lipinski definition) is 3. The van der Waals surface area contributed by atoms with E-state index in [1.54, 1.807) is 11.4 Å². The molecule has 0 aromatic rings. The first-order chi connectivity index (χ1) is 9.43. The molecule has 0 aromatic carbocycles. The van der Waals surface area contributed by atoms with E-state index in [-0.39, 0.29) is 6.04 Å². The van der Waals surface area contributed by atoms with Crippen molar-refractivity contribution in [3.63, 3.8) is 0 Å². The molecule has 0 radical (unpaired) electrons. The Bertz CT molecular complexity index is 365. The van der Waals surface area contributed by atoms with Crippen LogP contribution < -0.4 is 5.32 Å². The number of nitrogens with one attached hydrogen (secondary N) is 1. The second-order valence-corrected chi connectivity index (χ2v) is 7.82. The van der Waals surface area contributed by atoms with Crippen molar-refractivity contribution in [3.8, 4) is 0 Å². The quantitative estimate of drug-likeness (QED) is 0.694. The minimum atomic E-state index is -3.28. The van der Waals surface area contributed by atoms with E-state index >= 15 is 0 Å². The van der Waals surface area contributed by atoms with Crippen LogP contribution in [0.5, 0.6) is 0 Å². The van der Waals surface area contributed by atoms with Crippen molar-refractivity contribution in [2.24, 2.45) is 5.92 Å². The molecule has 0 bridgehead atoms. The second kappa shape index (κ2) is 8.32. The highest BCUT2D eigenvalue weighted by molar-refractivity contribution is 7.86. The van der Waals surface area contributed by atoms with Crippen molar-refractivity contribution < 1.29 is 8.42 Å². The zero-order valence-electron chi connectivity index (χ0n) is 13.4. The van der Waals surface area contributed by atoms with Crippen molar-refractivity contribution in [3.05, 3.63) is 0 Å². The van der Waals surface area contributed by atoms with Crippen LogP contribution in [0.15, 0.2) is 0 Å². The zero-order valence-corrected chi connectivity index (χ0v) is 14.2. The molecule has 0 aromatic heterocycles. The van der Waals surface area contributed by atoms with Gasteiger partial charge in [0.1, 0.15) is 0 Å². The zero-order chi connectivity index (χ0) is 15.2. The SMILES string of the molecule is CCCNCC1CCN(S(=O)(=O)N(C)C(C)CC)CC1. The van der Waals surface area contributed by atoms with Crippen LogP contribution in [0.1, 0.15) is 46.5 Å². The molecule has 6 heteroatoms. The van der Waals surface area contributed by atoms with Crippen LogP contribution in [0.3, 0.4) is 0 Å². The molecule has 0 aliphatic carbocycles. The van der Waals surface area contributed by atoms with Gasteiger partial charge < -0.3 is 5.32 Å². The van der Waals surface area contributed by atoms with E-state index in [9.17, 15) is 8.42 Å². The predicted molar refractivity (Wildman–Crippen MR) is 83.9 cm³/mol. The summed E-state index contributed by atoms with van der Waals surface area (Å²) in [6, 6.07) is 0.0592. The van der Waals surface area contributed by atoms with Gasteiger partial charge in [-0.25, -0.2) is 0 Å². The fourth-order valence-electron chi connectivity index (χ4n) is 2.49. The summed E-state index contributed by atoms with van der Waals surface area (Å²) in [4.78, 5) is 0. The van der Waals surface area contributed by atoms with E-state index in [1.165, 1.54) is 4.31 Å². The van der Waals surface area contributed by atoms with E-state index in [1.807, 2.05) is 13.8 Å². The van der Waals surface area contributed by atoms with Gasteiger partial charge in [-0.1, -0.05) is 13.8 Å². The van der Waals surface area contributed by atoms with Crippen molar-refractivity contribution >= 4 is 10.2 Å². The molecule has 1 aliphatic rings. The third-order valence-electron chi connectivity index (χ3n) is 4.34. The lowest BCUT2D eigenvalue weighted by molar-refractivity contribution is 0.246. The van der Waals surface area contributed by atoms with Gasteiger partial charge in [0.25, 0.3) is 10.2 Å². The molecule has 1 fully saturated rings. The maximum atomic E-state index is 12.5. The molecule has 0 amide bonds. The highest BCUT2D eigenvalue weighted by Crippen LogP contribution is 2.21. The van der Waals surface area contributed by atoms with Crippen LogP contribution >= 0.6 is 0 Å². The topological polar surface area (TPSA) is 52.7 Å². The van der Waals surface area contributed by atoms with Crippen LogP contribution in [0.25, 0.3) is 0 Å². The van der Waals surface area contributed by atoms with Crippen LogP contribution in [-0.4, -0.2) is 56.3 Å². The summed E-state index contributed by atoms with van der Waals surface area (Å²) in [5, 5.41) is 3.43. The van der Waals surface area contributed by atoms with Crippen LogP contribution in [-0.2, 0) is 10.2 Å². The Morgan fingerprint density at radius 3 is 2.40 bits per heavy atom. The van der Waals surface area contributed by atoms with E-state index in [0.29, 0.717) is 19.0 Å². The minimum absolute atomic E-state index is 0.0592. The molecule has 1 saturated heterocycles. The lowest BCUT2D eigenvalue weighted by atomic mass is 9.98. The highest BCUT2D eigenvalue weighted by atomic mass is 32.2. The van der Waals surface area contributed by atoms with Gasteiger partial charge in [0, 0.05) is 26.2 Å². The standard InChI is InChI=1S/C14H31N3O2S/c1-5-9-15-12-14-7-10-17(11-8-14)20(18,19)16(4)13(3)6-2/h13-15H,5-12H2,1-4H3. The summed E-state index contributed by atoms with van der Waals surface area (Å²) in [6.45, 7) is 9.51. The lowest BCUT2D eigenvalue weighted by Gasteiger charge is -2.35. The normalized spacial score (nSPS) is 20.4. The monoisotopic (exact) mass is 305 g/mol. The number of rotatable bonds is 8. The maximum Gasteiger partial charge on any atom is 0.281 e. The van der Waals surface area contributed by atoms with Gasteiger partial charge in [0.2, 0.25) is 0 Å². The molecule has 1 N–H and O–H groups in total. The Morgan fingerprint density at radius 2 is 1.90 bits per heavy atom. The molecular formula is C14H31N3O2S. The van der Waals surface area contributed by atoms with Crippen molar-refractivity contribution in [1.82, 2.24) is 13.9 Å². The summed E-state index contributed by atoms with van der Waals surface area (Å²) in [5.41, 5.74) is 0. The third kappa shape index (κ3) is 4.69. The molecule has 1 rings (SSSR count). The molecule has 5 nitrogen and oxygen atoms in total. The Balaban J connectivity index is 2.47. The van der Waals surface area contributed by atoms with Crippen molar-refractivity contribution in [2.75, 3.05) is 33.2 Å². The molecule has 1 unspecified atom stereocenters. The minimum Gasteiger partial charge on any atom is -0.316 e. The van der Waals surface area contributed by atoms with Gasteiger partial charge in [-0.15, -0.1) is 0 Å². The second-order valence-electron chi connectivity index (χ2n) is 5.83. The van der Waals surface area contributed by atoms with Gasteiger partial charge in [0.05, 0.1) is 0 Å². The summed E-state index contributed by atoms with van der Waals surface area (Å²) in [7, 11) is -1.58. The van der Waals surface area contributed by atoms with Gasteiger partial charge in [-0.05, 0) is 51.6 Å². The average molecular weight is 305 g/mol. The van der Waals surface area contributed by atoms with Crippen molar-refractivity contribution in [2.45, 2.75) is 52.5 Å². The smallest absolute Gasteiger partial charge is 0.281 e. The Hall–Kier alpha value is -0.170. The average Bonchev–Trinajstić information content (AvgIpc) is 2.46. The van der Waals surface area contributed by atoms with Gasteiger partial charge in [-0.3, -0.25) is 0 Å². The Labute approximate surface area is 124 Å². The van der Waals surface area contributed by atoms with E-state index < -0.39 is 10.2 Å². The Morgan fingerprint density at radius 1 is 1.30 bits per heavy atom. The Kier molecular flexibility index (Phi) is 7.43. The highest BCUT2D eigenvalue weighted by Gasteiger charge is 2.32. The number of hydrogen-bond donors (Lipinski definition) is 1. The van der Waals surface area contributed by atoms with Crippen LogP contribution in [0.4, 0.5) is 0 Å². The fourth-order valence-corrected chi connectivity index (χ4v) is 4.13. The van der Waals surface area contributed by atoms with Crippen molar-refractivity contribution in [1.29, 1.82) is 0 Å². The molecule has 120 valence electrons. The molecule has 1 atom stereocenters. The summed E-state index contributed by atoms with van der Waals surface area (Å²) >= 11 is 0. The van der Waals surface area contributed by atoms with Crippen LogP contribution in [0.2, 0.25) is 0 Å². The summed E-state index contributed by atoms with van der Waals surface area (Å²) in [5.74, 6) is 0.613.